The summed E-state index contributed by atoms with van der Waals surface area (Å²) in [5.41, 5.74) is 11.3. The molecule has 3 heterocycles. The Hall–Kier alpha value is -4.59. The maximum Gasteiger partial charge on any atom is 0.352 e. The lowest BCUT2D eigenvalue weighted by Crippen LogP contribution is -2.59. The normalized spacial score (nSPS) is 21.9. The van der Waals surface area contributed by atoms with Crippen LogP contribution in [0.5, 0.6) is 0 Å². The molecule has 0 radical (unpaired) electrons. The number of hydrogen-bond donors (Lipinski definition) is 2. The van der Waals surface area contributed by atoms with E-state index in [9.17, 15) is 9.59 Å². The molecule has 0 saturated heterocycles. The van der Waals surface area contributed by atoms with Gasteiger partial charge in [-0.05, 0) is 48.1 Å². The highest BCUT2D eigenvalue weighted by Crippen LogP contribution is 2.43. The molecule has 202 valence electrons. The Kier molecular flexibility index (Phi) is 6.03. The van der Waals surface area contributed by atoms with Crippen LogP contribution in [0.4, 0.5) is 0 Å². The number of allylic oxidation sites excluding steroid dienone is 1. The van der Waals surface area contributed by atoms with Crippen LogP contribution in [0.1, 0.15) is 48.9 Å². The van der Waals surface area contributed by atoms with Crippen LogP contribution in [0.2, 0.25) is 0 Å². The standard InChI is InChI=1S/C32H32N6O2/c33-30-34-28-25-18-10-11-19-26(25)37-31(39)36(24-16-8-3-9-17-24)32(40)38(37)29(28)27(20-22-12-4-1-5-13-22)35(30)21-23-14-6-2-7-15-23/h1-9,12-17,26-27,29H,10-11,18-21H2,(H2,33,34)/p+1. The van der Waals surface area contributed by atoms with Gasteiger partial charge in [0.1, 0.15) is 17.8 Å². The first-order valence-electron chi connectivity index (χ1n) is 14.1. The third-order valence-electron chi connectivity index (χ3n) is 8.62. The molecule has 1 aromatic heterocycles. The smallest absolute Gasteiger partial charge is 0.290 e. The highest BCUT2D eigenvalue weighted by molar-refractivity contribution is 5.76. The van der Waals surface area contributed by atoms with Crippen molar-refractivity contribution in [2.75, 3.05) is 0 Å². The second-order valence-corrected chi connectivity index (χ2v) is 11.0. The van der Waals surface area contributed by atoms with Crippen molar-refractivity contribution in [3.05, 3.63) is 134 Å². The Morgan fingerprint density at radius 1 is 0.800 bits per heavy atom. The van der Waals surface area contributed by atoms with E-state index in [1.54, 1.807) is 9.36 Å². The van der Waals surface area contributed by atoms with Crippen molar-refractivity contribution < 1.29 is 4.58 Å². The van der Waals surface area contributed by atoms with Gasteiger partial charge in [0.15, 0.2) is 0 Å². The number of rotatable bonds is 5. The predicted molar refractivity (Wildman–Crippen MR) is 155 cm³/mol. The molecule has 4 aromatic rings. The fourth-order valence-corrected chi connectivity index (χ4v) is 6.82. The lowest BCUT2D eigenvalue weighted by Gasteiger charge is -2.42. The van der Waals surface area contributed by atoms with E-state index >= 15 is 0 Å². The van der Waals surface area contributed by atoms with Gasteiger partial charge in [0.25, 0.3) is 0 Å². The van der Waals surface area contributed by atoms with Crippen LogP contribution < -0.4 is 22.4 Å². The quantitative estimate of drug-likeness (QED) is 0.385. The Balaban J connectivity index is 1.47. The number of nitrogens with zero attached hydrogens (tertiary/aromatic N) is 4. The molecule has 0 spiro atoms. The Morgan fingerprint density at radius 2 is 1.43 bits per heavy atom. The summed E-state index contributed by atoms with van der Waals surface area (Å²) in [6, 6.07) is 29.0. The second kappa shape index (κ2) is 9.86. The van der Waals surface area contributed by atoms with Crippen LogP contribution >= 0.6 is 0 Å². The van der Waals surface area contributed by atoms with Gasteiger partial charge in [-0.1, -0.05) is 85.3 Å². The molecule has 2 aliphatic heterocycles. The molecule has 1 saturated carbocycles. The van der Waals surface area contributed by atoms with Gasteiger partial charge >= 0.3 is 17.3 Å². The Labute approximate surface area is 232 Å². The molecule has 8 nitrogen and oxygen atoms in total. The second-order valence-electron chi connectivity index (χ2n) is 11.0. The summed E-state index contributed by atoms with van der Waals surface area (Å²) in [6.45, 7) is 0.581. The number of aromatic nitrogens is 3. The fraction of sp³-hybridized carbons (Fsp3) is 0.281. The molecule has 0 amide bonds. The largest absolute Gasteiger partial charge is 0.352 e. The van der Waals surface area contributed by atoms with Gasteiger partial charge in [-0.15, -0.1) is 0 Å². The van der Waals surface area contributed by atoms with Gasteiger partial charge in [-0.3, -0.25) is 10.3 Å². The zero-order valence-electron chi connectivity index (χ0n) is 22.3. The molecule has 3 aromatic carbocycles. The number of hydrogen-bond acceptors (Lipinski definition) is 4. The number of benzene rings is 3. The van der Waals surface area contributed by atoms with E-state index in [4.69, 9.17) is 5.73 Å². The molecule has 1 aliphatic carbocycles. The van der Waals surface area contributed by atoms with Crippen molar-refractivity contribution in [3.8, 4) is 5.69 Å². The number of nitrogens with two attached hydrogens (primary N) is 1. The number of para-hydroxylation sites is 1. The number of nitrogens with one attached hydrogen (secondary N) is 1. The zero-order valence-corrected chi connectivity index (χ0v) is 22.3. The average molecular weight is 534 g/mol. The summed E-state index contributed by atoms with van der Waals surface area (Å²) in [5.74, 6) is 0.583. The van der Waals surface area contributed by atoms with Crippen molar-refractivity contribution in [2.24, 2.45) is 5.73 Å². The maximum absolute atomic E-state index is 14.3. The third-order valence-corrected chi connectivity index (χ3v) is 8.62. The fourth-order valence-electron chi connectivity index (χ4n) is 6.82. The first-order chi connectivity index (χ1) is 19.6. The monoisotopic (exact) mass is 533 g/mol. The van der Waals surface area contributed by atoms with Gasteiger partial charge in [-0.2, -0.15) is 0 Å². The van der Waals surface area contributed by atoms with Crippen molar-refractivity contribution in [1.82, 2.24) is 19.2 Å². The predicted octanol–water partition coefficient (Wildman–Crippen LogP) is 3.47. The van der Waals surface area contributed by atoms with Crippen molar-refractivity contribution in [3.63, 3.8) is 0 Å². The SMILES string of the molecule is NC1=[N+](Cc2ccccc2)C(Cc2ccccc2)C2C(=C3CCCCC3n3c(=O)n(-c4ccccc4)c(=O)n32)N1. The zero-order chi connectivity index (χ0) is 27.2. The lowest BCUT2D eigenvalue weighted by molar-refractivity contribution is -0.592. The lowest BCUT2D eigenvalue weighted by atomic mass is 9.82. The molecule has 3 atom stereocenters. The summed E-state index contributed by atoms with van der Waals surface area (Å²) in [7, 11) is 0. The topological polar surface area (TPSA) is 90.0 Å². The van der Waals surface area contributed by atoms with E-state index in [1.807, 2.05) is 66.7 Å². The molecule has 3 aliphatic rings. The van der Waals surface area contributed by atoms with Crippen molar-refractivity contribution in [2.45, 2.75) is 56.8 Å². The Morgan fingerprint density at radius 3 is 2.12 bits per heavy atom. The summed E-state index contributed by atoms with van der Waals surface area (Å²) in [4.78, 5) is 28.4. The van der Waals surface area contributed by atoms with Gasteiger partial charge in [0.05, 0.1) is 18.3 Å². The van der Waals surface area contributed by atoms with Crippen LogP contribution in [0.15, 0.2) is 112 Å². The molecular weight excluding hydrogens is 500 g/mol. The third kappa shape index (κ3) is 3.94. The van der Waals surface area contributed by atoms with Gasteiger partial charge in [0.2, 0.25) is 0 Å². The van der Waals surface area contributed by atoms with Crippen LogP contribution in [0.3, 0.4) is 0 Å². The van der Waals surface area contributed by atoms with Crippen LogP contribution in [0.25, 0.3) is 5.69 Å². The van der Waals surface area contributed by atoms with Crippen LogP contribution in [-0.2, 0) is 13.0 Å². The van der Waals surface area contributed by atoms with Crippen LogP contribution in [-0.4, -0.2) is 30.5 Å². The summed E-state index contributed by atoms with van der Waals surface area (Å²) in [5, 5.41) is 3.56. The minimum Gasteiger partial charge on any atom is -0.290 e. The molecule has 8 heteroatoms. The molecule has 0 bridgehead atoms. The minimum absolute atomic E-state index is 0.163. The van der Waals surface area contributed by atoms with E-state index in [2.05, 4.69) is 34.2 Å². The molecule has 40 heavy (non-hydrogen) atoms. The van der Waals surface area contributed by atoms with Crippen molar-refractivity contribution in [1.29, 1.82) is 0 Å². The van der Waals surface area contributed by atoms with Gasteiger partial charge < -0.3 is 0 Å². The molecular formula is C32H33N6O2+. The molecule has 3 unspecified atom stereocenters. The van der Waals surface area contributed by atoms with E-state index in [0.717, 1.165) is 42.5 Å². The van der Waals surface area contributed by atoms with Crippen molar-refractivity contribution >= 4 is 5.96 Å². The van der Waals surface area contributed by atoms with Crippen LogP contribution in [0, 0.1) is 0 Å². The Bertz CT molecular complexity index is 1730. The highest BCUT2D eigenvalue weighted by Gasteiger charge is 2.48. The molecule has 1 fully saturated rings. The van der Waals surface area contributed by atoms with Gasteiger partial charge in [-0.25, -0.2) is 28.8 Å². The van der Waals surface area contributed by atoms with E-state index in [-0.39, 0.29) is 23.5 Å². The summed E-state index contributed by atoms with van der Waals surface area (Å²) >= 11 is 0. The first kappa shape index (κ1) is 24.5. The first-order valence-corrected chi connectivity index (χ1v) is 14.1. The highest BCUT2D eigenvalue weighted by atomic mass is 16.2. The number of guanidine groups is 1. The summed E-state index contributed by atoms with van der Waals surface area (Å²) < 4.78 is 6.98. The van der Waals surface area contributed by atoms with Gasteiger partial charge in [0, 0.05) is 6.42 Å². The van der Waals surface area contributed by atoms with E-state index in [0.29, 0.717) is 24.6 Å². The average Bonchev–Trinajstić information content (AvgIpc) is 3.26. The summed E-state index contributed by atoms with van der Waals surface area (Å²) in [6.07, 6.45) is 4.43. The minimum atomic E-state index is -0.397. The number of fused-ring (bicyclic) bond motifs is 5. The molecule has 3 N–H and O–H groups in total. The van der Waals surface area contributed by atoms with E-state index in [1.165, 1.54) is 10.1 Å². The molecule has 7 rings (SSSR count). The van der Waals surface area contributed by atoms with E-state index < -0.39 is 6.04 Å². The maximum atomic E-state index is 14.3.